The number of imidazole rings is 1. The smallest absolute Gasteiger partial charge is 0.287 e. The predicted octanol–water partition coefficient (Wildman–Crippen LogP) is 1.13. The number of nitrogens with zero attached hydrogens (tertiary/aromatic N) is 2. The summed E-state index contributed by atoms with van der Waals surface area (Å²) in [7, 11) is 0. The lowest BCUT2D eigenvalue weighted by Gasteiger charge is -2.55. The Bertz CT molecular complexity index is 754. The molecule has 2 N–H and O–H groups in total. The lowest BCUT2D eigenvalue weighted by Crippen LogP contribution is -2.65. The first-order chi connectivity index (χ1) is 11.1. The van der Waals surface area contributed by atoms with Crippen LogP contribution in [-0.4, -0.2) is 45.8 Å². The molecule has 0 aromatic carbocycles. The van der Waals surface area contributed by atoms with Gasteiger partial charge in [0.25, 0.3) is 5.91 Å². The van der Waals surface area contributed by atoms with Crippen LogP contribution in [0.3, 0.4) is 0 Å². The van der Waals surface area contributed by atoms with E-state index in [4.69, 9.17) is 4.74 Å². The molecule has 2 fully saturated rings. The Kier molecular flexibility index (Phi) is 3.35. The summed E-state index contributed by atoms with van der Waals surface area (Å²) >= 11 is 0. The molecule has 1 saturated carbocycles. The third kappa shape index (κ3) is 2.14. The molecule has 1 spiro atoms. The van der Waals surface area contributed by atoms with E-state index < -0.39 is 11.9 Å². The number of rotatable bonds is 2. The minimum atomic E-state index is -0.418. The maximum atomic E-state index is 13.7. The highest BCUT2D eigenvalue weighted by atomic mass is 19.1. The SMILES string of the molecule is O=C(N[C@@H]1C[C@@H](O)C12CCOCC2)c1ncc2c(F)cccn12. The van der Waals surface area contributed by atoms with Gasteiger partial charge in [0.1, 0.15) is 11.3 Å². The first-order valence-electron chi connectivity index (χ1n) is 7.80. The Morgan fingerprint density at radius 1 is 1.48 bits per heavy atom. The lowest BCUT2D eigenvalue weighted by molar-refractivity contribution is -0.145. The van der Waals surface area contributed by atoms with Crippen molar-refractivity contribution in [3.05, 3.63) is 36.2 Å². The van der Waals surface area contributed by atoms with Gasteiger partial charge in [-0.05, 0) is 31.4 Å². The number of aromatic nitrogens is 2. The van der Waals surface area contributed by atoms with Gasteiger partial charge in [0.05, 0.1) is 12.3 Å². The third-order valence-corrected chi connectivity index (χ3v) is 5.27. The monoisotopic (exact) mass is 319 g/mol. The van der Waals surface area contributed by atoms with Crippen molar-refractivity contribution in [3.8, 4) is 0 Å². The Hall–Kier alpha value is -1.99. The minimum Gasteiger partial charge on any atom is -0.392 e. The molecule has 6 nitrogen and oxygen atoms in total. The van der Waals surface area contributed by atoms with Gasteiger partial charge in [-0.1, -0.05) is 0 Å². The van der Waals surface area contributed by atoms with Gasteiger partial charge in [-0.25, -0.2) is 9.37 Å². The van der Waals surface area contributed by atoms with Crippen LogP contribution in [0.5, 0.6) is 0 Å². The van der Waals surface area contributed by atoms with Gasteiger partial charge in [0, 0.05) is 30.9 Å². The highest BCUT2D eigenvalue weighted by molar-refractivity contribution is 5.92. The fraction of sp³-hybridized carbons (Fsp3) is 0.500. The van der Waals surface area contributed by atoms with Crippen LogP contribution in [0.2, 0.25) is 0 Å². The molecule has 122 valence electrons. The van der Waals surface area contributed by atoms with E-state index in [9.17, 15) is 14.3 Å². The van der Waals surface area contributed by atoms with Gasteiger partial charge in [-0.3, -0.25) is 9.20 Å². The highest BCUT2D eigenvalue weighted by Crippen LogP contribution is 2.49. The third-order valence-electron chi connectivity index (χ3n) is 5.27. The molecule has 1 amide bonds. The minimum absolute atomic E-state index is 0.102. The summed E-state index contributed by atoms with van der Waals surface area (Å²) in [6.45, 7) is 1.20. The maximum Gasteiger partial charge on any atom is 0.287 e. The number of hydrogen-bond donors (Lipinski definition) is 2. The van der Waals surface area contributed by atoms with Crippen LogP contribution >= 0.6 is 0 Å². The normalized spacial score (nSPS) is 26.2. The quantitative estimate of drug-likeness (QED) is 0.870. The second-order valence-electron chi connectivity index (χ2n) is 6.32. The molecule has 1 saturated heterocycles. The average Bonchev–Trinajstić information content (AvgIpc) is 3.01. The molecular weight excluding hydrogens is 301 g/mol. The number of pyridine rings is 1. The Morgan fingerprint density at radius 2 is 2.26 bits per heavy atom. The largest absolute Gasteiger partial charge is 0.392 e. The summed E-state index contributed by atoms with van der Waals surface area (Å²) in [5.41, 5.74) is -0.0289. The second-order valence-corrected chi connectivity index (χ2v) is 6.32. The van der Waals surface area contributed by atoms with Crippen LogP contribution in [0.4, 0.5) is 4.39 Å². The number of nitrogens with one attached hydrogen (secondary N) is 1. The fourth-order valence-electron chi connectivity index (χ4n) is 3.78. The summed E-state index contributed by atoms with van der Waals surface area (Å²) in [6, 6.07) is 2.76. The van der Waals surface area contributed by atoms with Gasteiger partial charge in [-0.15, -0.1) is 0 Å². The summed E-state index contributed by atoms with van der Waals surface area (Å²) < 4.78 is 20.5. The molecule has 2 aromatic rings. The number of amides is 1. The number of ether oxygens (including phenoxy) is 1. The maximum absolute atomic E-state index is 13.7. The molecule has 1 aliphatic carbocycles. The summed E-state index contributed by atoms with van der Waals surface area (Å²) in [5.74, 6) is -0.611. The molecule has 0 bridgehead atoms. The number of carbonyl (C=O) groups is 1. The van der Waals surface area contributed by atoms with Crippen molar-refractivity contribution >= 4 is 11.4 Å². The molecule has 2 atom stereocenters. The van der Waals surface area contributed by atoms with Crippen LogP contribution in [0.15, 0.2) is 24.5 Å². The van der Waals surface area contributed by atoms with Crippen molar-refractivity contribution in [2.75, 3.05) is 13.2 Å². The van der Waals surface area contributed by atoms with Crippen molar-refractivity contribution in [1.82, 2.24) is 14.7 Å². The number of aliphatic hydroxyl groups excluding tert-OH is 1. The Morgan fingerprint density at radius 3 is 3.00 bits per heavy atom. The van der Waals surface area contributed by atoms with Gasteiger partial charge in [0.2, 0.25) is 5.82 Å². The zero-order valence-corrected chi connectivity index (χ0v) is 12.5. The fourth-order valence-corrected chi connectivity index (χ4v) is 3.78. The first-order valence-corrected chi connectivity index (χ1v) is 7.80. The van der Waals surface area contributed by atoms with Gasteiger partial charge < -0.3 is 15.2 Å². The van der Waals surface area contributed by atoms with Crippen molar-refractivity contribution in [2.24, 2.45) is 5.41 Å². The second kappa shape index (κ2) is 5.28. The number of carbonyl (C=O) groups excluding carboxylic acids is 1. The van der Waals surface area contributed by atoms with E-state index >= 15 is 0 Å². The van der Waals surface area contributed by atoms with Gasteiger partial charge in [-0.2, -0.15) is 0 Å². The lowest BCUT2D eigenvalue weighted by atomic mass is 9.58. The number of aliphatic hydroxyl groups is 1. The Balaban J connectivity index is 1.57. The van der Waals surface area contributed by atoms with Crippen molar-refractivity contribution < 1.29 is 19.0 Å². The van der Waals surface area contributed by atoms with Gasteiger partial charge >= 0.3 is 0 Å². The van der Waals surface area contributed by atoms with E-state index in [1.54, 1.807) is 6.20 Å². The topological polar surface area (TPSA) is 75.9 Å². The first kappa shape index (κ1) is 14.6. The van der Waals surface area contributed by atoms with Crippen LogP contribution < -0.4 is 5.32 Å². The zero-order valence-electron chi connectivity index (χ0n) is 12.5. The molecule has 0 unspecified atom stereocenters. The molecular formula is C16H18FN3O3. The number of halogens is 1. The standard InChI is InChI=1S/C16H18FN3O3/c17-10-2-1-5-20-11(10)9-18-14(20)15(22)19-12-8-13(21)16(12)3-6-23-7-4-16/h1-2,5,9,12-13,21H,3-4,6-8H2,(H,19,22)/t12-,13-/m1/s1. The van der Waals surface area contributed by atoms with E-state index in [-0.39, 0.29) is 28.7 Å². The molecule has 0 radical (unpaired) electrons. The van der Waals surface area contributed by atoms with E-state index in [1.807, 2.05) is 0 Å². The van der Waals surface area contributed by atoms with E-state index in [0.717, 1.165) is 12.8 Å². The average molecular weight is 319 g/mol. The molecule has 23 heavy (non-hydrogen) atoms. The molecule has 2 aliphatic rings. The summed E-state index contributed by atoms with van der Waals surface area (Å²) in [5, 5.41) is 13.1. The van der Waals surface area contributed by atoms with Crippen molar-refractivity contribution in [1.29, 1.82) is 0 Å². The molecule has 7 heteroatoms. The predicted molar refractivity (Wildman–Crippen MR) is 79.5 cm³/mol. The van der Waals surface area contributed by atoms with Gasteiger partial charge in [0.15, 0.2) is 0 Å². The van der Waals surface area contributed by atoms with Crippen LogP contribution in [0, 0.1) is 11.2 Å². The highest BCUT2D eigenvalue weighted by Gasteiger charge is 2.55. The molecule has 2 aromatic heterocycles. The van der Waals surface area contributed by atoms with Crippen molar-refractivity contribution in [3.63, 3.8) is 0 Å². The van der Waals surface area contributed by atoms with Crippen LogP contribution in [-0.2, 0) is 4.74 Å². The zero-order chi connectivity index (χ0) is 16.0. The Labute approximate surface area is 132 Å². The van der Waals surface area contributed by atoms with E-state index in [0.29, 0.717) is 19.6 Å². The van der Waals surface area contributed by atoms with Crippen molar-refractivity contribution in [2.45, 2.75) is 31.4 Å². The summed E-state index contributed by atoms with van der Waals surface area (Å²) in [4.78, 5) is 16.6. The number of hydrogen-bond acceptors (Lipinski definition) is 4. The van der Waals surface area contributed by atoms with E-state index in [2.05, 4.69) is 10.3 Å². The molecule has 3 heterocycles. The van der Waals surface area contributed by atoms with Crippen LogP contribution in [0.1, 0.15) is 29.9 Å². The molecule has 4 rings (SSSR count). The van der Waals surface area contributed by atoms with E-state index in [1.165, 1.54) is 22.7 Å². The van der Waals surface area contributed by atoms with Crippen LogP contribution in [0.25, 0.3) is 5.52 Å². The molecule has 1 aliphatic heterocycles. The summed E-state index contributed by atoms with van der Waals surface area (Å²) in [6.07, 6.45) is 4.55. The number of fused-ring (bicyclic) bond motifs is 1.